The zero-order chi connectivity index (χ0) is 20.1. The van der Waals surface area contributed by atoms with Crippen LogP contribution in [0.2, 0.25) is 0 Å². The van der Waals surface area contributed by atoms with Crippen LogP contribution < -0.4 is 4.74 Å². The lowest BCUT2D eigenvalue weighted by Crippen LogP contribution is -2.40. The van der Waals surface area contributed by atoms with Crippen molar-refractivity contribution in [3.05, 3.63) is 59.7 Å². The van der Waals surface area contributed by atoms with Crippen LogP contribution in [0.1, 0.15) is 42.1 Å². The first-order valence-corrected chi connectivity index (χ1v) is 11.2. The van der Waals surface area contributed by atoms with E-state index in [1.807, 2.05) is 12.1 Å². The second kappa shape index (κ2) is 8.88. The van der Waals surface area contributed by atoms with Gasteiger partial charge in [0.05, 0.1) is 12.0 Å². The number of hydrogen-bond acceptors (Lipinski definition) is 4. The number of benzene rings is 2. The van der Waals surface area contributed by atoms with Gasteiger partial charge in [0.15, 0.2) is 5.78 Å². The van der Waals surface area contributed by atoms with Gasteiger partial charge in [-0.05, 0) is 61.2 Å². The number of nitrogens with zero attached hydrogens (tertiary/aromatic N) is 1. The number of sulfonamides is 1. The number of methoxy groups -OCH3 is 1. The van der Waals surface area contributed by atoms with Gasteiger partial charge in [0, 0.05) is 24.6 Å². The highest BCUT2D eigenvalue weighted by atomic mass is 32.2. The molecule has 3 rings (SSSR count). The van der Waals surface area contributed by atoms with Crippen LogP contribution in [0.3, 0.4) is 0 Å². The number of rotatable bonds is 7. The highest BCUT2D eigenvalue weighted by Gasteiger charge is 2.32. The first kappa shape index (κ1) is 20.6. The van der Waals surface area contributed by atoms with Crippen molar-refractivity contribution in [1.82, 2.24) is 4.31 Å². The van der Waals surface area contributed by atoms with Gasteiger partial charge < -0.3 is 4.74 Å². The second-order valence-electron chi connectivity index (χ2n) is 7.17. The lowest BCUT2D eigenvalue weighted by Gasteiger charge is -2.30. The molecule has 5 nitrogen and oxygen atoms in total. The number of Topliss-reactive ketones (excluding diaryl/α,β-unsaturated/α-hetero) is 1. The molecule has 0 amide bonds. The topological polar surface area (TPSA) is 63.7 Å². The number of piperidine rings is 1. The van der Waals surface area contributed by atoms with Gasteiger partial charge in [-0.15, -0.1) is 0 Å². The summed E-state index contributed by atoms with van der Waals surface area (Å²) in [4.78, 5) is 13.0. The second-order valence-corrected chi connectivity index (χ2v) is 9.10. The molecule has 2 aromatic rings. The lowest BCUT2D eigenvalue weighted by molar-refractivity contribution is 0.0875. The monoisotopic (exact) mass is 401 g/mol. The van der Waals surface area contributed by atoms with Crippen molar-refractivity contribution in [2.24, 2.45) is 5.92 Å². The molecule has 0 unspecified atom stereocenters. The fourth-order valence-electron chi connectivity index (χ4n) is 3.62. The van der Waals surface area contributed by atoms with E-state index in [2.05, 4.69) is 6.92 Å². The van der Waals surface area contributed by atoms with E-state index in [0.29, 0.717) is 42.1 Å². The van der Waals surface area contributed by atoms with E-state index in [1.165, 1.54) is 4.31 Å². The first-order chi connectivity index (χ1) is 13.5. The molecule has 0 radical (unpaired) electrons. The third-order valence-electron chi connectivity index (χ3n) is 5.30. The molecule has 1 heterocycles. The van der Waals surface area contributed by atoms with Gasteiger partial charge in [-0.2, -0.15) is 4.31 Å². The molecule has 1 saturated heterocycles. The number of carbonyl (C=O) groups excluding carboxylic acids is 1. The minimum absolute atomic E-state index is 0.0728. The minimum Gasteiger partial charge on any atom is -0.497 e. The molecule has 0 bridgehead atoms. The van der Waals surface area contributed by atoms with E-state index >= 15 is 0 Å². The van der Waals surface area contributed by atoms with Crippen LogP contribution in [-0.4, -0.2) is 38.7 Å². The summed E-state index contributed by atoms with van der Waals surface area (Å²) in [5.41, 5.74) is 1.79. The molecule has 1 aliphatic heterocycles. The number of aryl methyl sites for hydroxylation is 1. The van der Waals surface area contributed by atoms with Gasteiger partial charge in [0.2, 0.25) is 10.0 Å². The number of hydrogen-bond donors (Lipinski definition) is 0. The van der Waals surface area contributed by atoms with Crippen LogP contribution in [0, 0.1) is 5.92 Å². The number of carbonyl (C=O) groups is 1. The predicted molar refractivity (Wildman–Crippen MR) is 109 cm³/mol. The maximum atomic E-state index is 12.9. The average molecular weight is 402 g/mol. The molecule has 2 aromatic carbocycles. The summed E-state index contributed by atoms with van der Waals surface area (Å²) in [6.45, 7) is 2.83. The van der Waals surface area contributed by atoms with Gasteiger partial charge in [0.25, 0.3) is 0 Å². The molecular weight excluding hydrogens is 374 g/mol. The predicted octanol–water partition coefficient (Wildman–Crippen LogP) is 3.93. The average Bonchev–Trinajstić information content (AvgIpc) is 2.74. The molecule has 28 heavy (non-hydrogen) atoms. The fourth-order valence-corrected chi connectivity index (χ4v) is 5.08. The molecule has 0 aromatic heterocycles. The number of ketones is 1. The summed E-state index contributed by atoms with van der Waals surface area (Å²) in [6, 6.07) is 14.2. The van der Waals surface area contributed by atoms with Crippen molar-refractivity contribution in [3.63, 3.8) is 0 Å². The van der Waals surface area contributed by atoms with Crippen LogP contribution in [0.15, 0.2) is 53.4 Å². The first-order valence-electron chi connectivity index (χ1n) is 9.73. The van der Waals surface area contributed by atoms with Gasteiger partial charge in [-0.25, -0.2) is 8.42 Å². The van der Waals surface area contributed by atoms with E-state index in [4.69, 9.17) is 4.74 Å². The molecule has 1 fully saturated rings. The SMILES string of the molecule is CCCc1ccc(S(=O)(=O)N2CCC(C(=O)c3ccc(OC)cc3)CC2)cc1. The zero-order valence-electron chi connectivity index (χ0n) is 16.4. The largest absolute Gasteiger partial charge is 0.497 e. The Hall–Kier alpha value is -2.18. The molecule has 0 spiro atoms. The highest BCUT2D eigenvalue weighted by molar-refractivity contribution is 7.89. The maximum absolute atomic E-state index is 12.9. The summed E-state index contributed by atoms with van der Waals surface area (Å²) >= 11 is 0. The molecule has 0 saturated carbocycles. The molecule has 0 atom stereocenters. The summed E-state index contributed by atoms with van der Waals surface area (Å²) < 4.78 is 32.4. The zero-order valence-corrected chi connectivity index (χ0v) is 17.2. The van der Waals surface area contributed by atoms with Gasteiger partial charge in [-0.3, -0.25) is 4.79 Å². The van der Waals surface area contributed by atoms with Crippen molar-refractivity contribution in [2.45, 2.75) is 37.5 Å². The van der Waals surface area contributed by atoms with Crippen molar-refractivity contribution in [3.8, 4) is 5.75 Å². The third-order valence-corrected chi connectivity index (χ3v) is 7.21. The molecule has 6 heteroatoms. The van der Waals surface area contributed by atoms with Crippen molar-refractivity contribution >= 4 is 15.8 Å². The van der Waals surface area contributed by atoms with E-state index < -0.39 is 10.0 Å². The van der Waals surface area contributed by atoms with Crippen LogP contribution in [0.25, 0.3) is 0 Å². The Kier molecular flexibility index (Phi) is 6.52. The van der Waals surface area contributed by atoms with E-state index in [1.54, 1.807) is 43.5 Å². The van der Waals surface area contributed by atoms with Crippen molar-refractivity contribution in [2.75, 3.05) is 20.2 Å². The standard InChI is InChI=1S/C22H27NO4S/c1-3-4-17-5-11-21(12-6-17)28(25,26)23-15-13-19(14-16-23)22(24)18-7-9-20(27-2)10-8-18/h5-12,19H,3-4,13-16H2,1-2H3. The fraction of sp³-hybridized carbons (Fsp3) is 0.409. The van der Waals surface area contributed by atoms with Crippen LogP contribution in [-0.2, 0) is 16.4 Å². The van der Waals surface area contributed by atoms with E-state index in [-0.39, 0.29) is 11.7 Å². The quantitative estimate of drug-likeness (QED) is 0.660. The van der Waals surface area contributed by atoms with Crippen molar-refractivity contribution < 1.29 is 17.9 Å². The molecule has 0 N–H and O–H groups in total. The van der Waals surface area contributed by atoms with Gasteiger partial charge in [0.1, 0.15) is 5.75 Å². The highest BCUT2D eigenvalue weighted by Crippen LogP contribution is 2.27. The summed E-state index contributed by atoms with van der Waals surface area (Å²) in [7, 11) is -1.92. The van der Waals surface area contributed by atoms with Crippen LogP contribution in [0.5, 0.6) is 5.75 Å². The lowest BCUT2D eigenvalue weighted by atomic mass is 9.89. The Morgan fingerprint density at radius 3 is 2.18 bits per heavy atom. The van der Waals surface area contributed by atoms with Crippen LogP contribution in [0.4, 0.5) is 0 Å². The Morgan fingerprint density at radius 2 is 1.64 bits per heavy atom. The Bertz CT molecular complexity index is 897. The van der Waals surface area contributed by atoms with Crippen molar-refractivity contribution in [1.29, 1.82) is 0 Å². The van der Waals surface area contributed by atoms with E-state index in [9.17, 15) is 13.2 Å². The molecular formula is C22H27NO4S. The van der Waals surface area contributed by atoms with Gasteiger partial charge in [-0.1, -0.05) is 25.5 Å². The Morgan fingerprint density at radius 1 is 1.04 bits per heavy atom. The maximum Gasteiger partial charge on any atom is 0.243 e. The Labute approximate surface area is 167 Å². The number of ether oxygens (including phenoxy) is 1. The summed E-state index contributed by atoms with van der Waals surface area (Å²) in [5.74, 6) is 0.637. The molecule has 1 aliphatic rings. The normalized spacial score (nSPS) is 16.1. The van der Waals surface area contributed by atoms with E-state index in [0.717, 1.165) is 18.4 Å². The molecule has 150 valence electrons. The smallest absolute Gasteiger partial charge is 0.243 e. The third kappa shape index (κ3) is 4.45. The summed E-state index contributed by atoms with van der Waals surface area (Å²) in [6.07, 6.45) is 3.05. The van der Waals surface area contributed by atoms with Gasteiger partial charge >= 0.3 is 0 Å². The van der Waals surface area contributed by atoms with Crippen LogP contribution >= 0.6 is 0 Å². The minimum atomic E-state index is -3.51. The Balaban J connectivity index is 1.64. The summed E-state index contributed by atoms with van der Waals surface area (Å²) in [5, 5.41) is 0. The molecule has 0 aliphatic carbocycles.